The van der Waals surface area contributed by atoms with Gasteiger partial charge in [-0.1, -0.05) is 18.2 Å². The zero-order valence-electron chi connectivity index (χ0n) is 15.1. The molecule has 7 heteroatoms. The Bertz CT molecular complexity index is 1100. The number of rotatable bonds is 6. The third-order valence-electron chi connectivity index (χ3n) is 3.90. The van der Waals surface area contributed by atoms with Gasteiger partial charge in [0.1, 0.15) is 11.5 Å². The summed E-state index contributed by atoms with van der Waals surface area (Å²) in [6.07, 6.45) is 1.43. The topological polar surface area (TPSA) is 80.6 Å². The standard InChI is InChI=1S/C22H16N2O4S/c25-21(18-7-4-14-27-18)24-20-13-12-19(29-20)22(26)23-15-8-10-17(11-9-15)28-16-5-2-1-3-6-16/h1-14H,(H,23,26)(H,24,25). The van der Waals surface area contributed by atoms with Gasteiger partial charge in [0, 0.05) is 5.69 Å². The van der Waals surface area contributed by atoms with E-state index < -0.39 is 0 Å². The van der Waals surface area contributed by atoms with Crippen LogP contribution < -0.4 is 15.4 Å². The minimum atomic E-state index is -0.363. The van der Waals surface area contributed by atoms with Crippen molar-refractivity contribution in [2.45, 2.75) is 0 Å². The van der Waals surface area contributed by atoms with Gasteiger partial charge in [-0.15, -0.1) is 11.3 Å². The lowest BCUT2D eigenvalue weighted by Gasteiger charge is -2.07. The maximum Gasteiger partial charge on any atom is 0.291 e. The summed E-state index contributed by atoms with van der Waals surface area (Å²) in [5.74, 6) is 1.01. The zero-order valence-corrected chi connectivity index (χ0v) is 15.9. The van der Waals surface area contributed by atoms with E-state index in [1.165, 1.54) is 17.6 Å². The van der Waals surface area contributed by atoms with Crippen LogP contribution >= 0.6 is 11.3 Å². The minimum Gasteiger partial charge on any atom is -0.459 e. The summed E-state index contributed by atoms with van der Waals surface area (Å²) in [6.45, 7) is 0. The maximum atomic E-state index is 12.5. The largest absolute Gasteiger partial charge is 0.459 e. The van der Waals surface area contributed by atoms with Crippen molar-refractivity contribution in [3.8, 4) is 11.5 Å². The van der Waals surface area contributed by atoms with E-state index in [2.05, 4.69) is 10.6 Å². The third kappa shape index (κ3) is 4.72. The van der Waals surface area contributed by atoms with E-state index in [1.54, 1.807) is 48.5 Å². The van der Waals surface area contributed by atoms with Crippen LogP contribution in [0.2, 0.25) is 0 Å². The van der Waals surface area contributed by atoms with Gasteiger partial charge >= 0.3 is 0 Å². The molecular formula is C22H16N2O4S. The summed E-state index contributed by atoms with van der Waals surface area (Å²) >= 11 is 1.18. The molecule has 4 rings (SSSR count). The Labute approximate surface area is 170 Å². The lowest BCUT2D eigenvalue weighted by atomic mass is 10.3. The molecule has 0 saturated carbocycles. The van der Waals surface area contributed by atoms with Crippen LogP contribution in [0.25, 0.3) is 0 Å². The normalized spacial score (nSPS) is 10.3. The van der Waals surface area contributed by atoms with Crippen LogP contribution in [0.3, 0.4) is 0 Å². The third-order valence-corrected chi connectivity index (χ3v) is 4.90. The number of nitrogens with one attached hydrogen (secondary N) is 2. The molecule has 6 nitrogen and oxygen atoms in total. The van der Waals surface area contributed by atoms with Gasteiger partial charge in [-0.05, 0) is 60.7 Å². The Balaban J connectivity index is 1.35. The van der Waals surface area contributed by atoms with Gasteiger partial charge < -0.3 is 19.8 Å². The molecule has 2 amide bonds. The molecule has 0 radical (unpaired) electrons. The first-order valence-electron chi connectivity index (χ1n) is 8.76. The monoisotopic (exact) mass is 404 g/mol. The number of carbonyl (C=O) groups is 2. The number of furan rings is 1. The second-order valence-corrected chi connectivity index (χ2v) is 7.07. The van der Waals surface area contributed by atoms with Crippen LogP contribution in [0.4, 0.5) is 10.7 Å². The highest BCUT2D eigenvalue weighted by Gasteiger charge is 2.13. The van der Waals surface area contributed by atoms with Crippen LogP contribution in [0.15, 0.2) is 89.5 Å². The Morgan fingerprint density at radius 2 is 1.52 bits per heavy atom. The predicted molar refractivity (Wildman–Crippen MR) is 112 cm³/mol. The van der Waals surface area contributed by atoms with Crippen LogP contribution in [0.1, 0.15) is 20.2 Å². The fourth-order valence-electron chi connectivity index (χ4n) is 2.53. The average molecular weight is 404 g/mol. The number of amides is 2. The molecule has 0 bridgehead atoms. The summed E-state index contributed by atoms with van der Waals surface area (Å²) in [5.41, 5.74) is 0.644. The number of ether oxygens (including phenoxy) is 1. The van der Waals surface area contributed by atoms with E-state index in [0.717, 1.165) is 5.75 Å². The van der Waals surface area contributed by atoms with Gasteiger partial charge in [-0.2, -0.15) is 0 Å². The highest BCUT2D eigenvalue weighted by Crippen LogP contribution is 2.25. The molecule has 4 aromatic rings. The lowest BCUT2D eigenvalue weighted by molar-refractivity contribution is 0.0995. The van der Waals surface area contributed by atoms with Crippen LogP contribution in [-0.4, -0.2) is 11.8 Å². The van der Waals surface area contributed by atoms with Crippen molar-refractivity contribution in [1.82, 2.24) is 0 Å². The van der Waals surface area contributed by atoms with Gasteiger partial charge in [-0.25, -0.2) is 0 Å². The molecule has 0 spiro atoms. The van der Waals surface area contributed by atoms with Gasteiger partial charge in [-0.3, -0.25) is 9.59 Å². The second-order valence-electron chi connectivity index (χ2n) is 5.99. The lowest BCUT2D eigenvalue weighted by Crippen LogP contribution is -2.10. The van der Waals surface area contributed by atoms with E-state index in [1.807, 2.05) is 30.3 Å². The fourth-order valence-corrected chi connectivity index (χ4v) is 3.33. The Hall–Kier alpha value is -3.84. The number of para-hydroxylation sites is 1. The second kappa shape index (κ2) is 8.45. The molecule has 29 heavy (non-hydrogen) atoms. The zero-order chi connectivity index (χ0) is 20.1. The molecule has 0 saturated heterocycles. The molecule has 0 unspecified atom stereocenters. The number of carbonyl (C=O) groups excluding carboxylic acids is 2. The molecule has 0 atom stereocenters. The first-order chi connectivity index (χ1) is 14.2. The molecule has 2 N–H and O–H groups in total. The van der Waals surface area contributed by atoms with Crippen LogP contribution in [0.5, 0.6) is 11.5 Å². The molecular weight excluding hydrogens is 388 g/mol. The fraction of sp³-hybridized carbons (Fsp3) is 0. The van der Waals surface area contributed by atoms with Crippen LogP contribution in [-0.2, 0) is 0 Å². The Morgan fingerprint density at radius 3 is 2.24 bits per heavy atom. The van der Waals surface area contributed by atoms with E-state index in [-0.39, 0.29) is 17.6 Å². The first kappa shape index (κ1) is 18.5. The van der Waals surface area contributed by atoms with Gasteiger partial charge in [0.25, 0.3) is 11.8 Å². The SMILES string of the molecule is O=C(Nc1ccc(C(=O)Nc2ccc(Oc3ccccc3)cc2)s1)c1ccco1. The van der Waals surface area contributed by atoms with E-state index in [9.17, 15) is 9.59 Å². The quantitative estimate of drug-likeness (QED) is 0.436. The average Bonchev–Trinajstić information content (AvgIpc) is 3.42. The van der Waals surface area contributed by atoms with Gasteiger partial charge in [0.15, 0.2) is 5.76 Å². The number of hydrogen-bond acceptors (Lipinski definition) is 5. The Morgan fingerprint density at radius 1 is 0.759 bits per heavy atom. The Kier molecular flexibility index (Phi) is 5.40. The van der Waals surface area contributed by atoms with Crippen molar-refractivity contribution in [1.29, 1.82) is 0 Å². The molecule has 0 aliphatic heterocycles. The smallest absolute Gasteiger partial charge is 0.291 e. The van der Waals surface area contributed by atoms with Crippen molar-refractivity contribution in [2.75, 3.05) is 10.6 Å². The predicted octanol–water partition coefficient (Wildman–Crippen LogP) is 5.64. The van der Waals surface area contributed by atoms with Crippen molar-refractivity contribution in [2.24, 2.45) is 0 Å². The first-order valence-corrected chi connectivity index (χ1v) is 9.58. The molecule has 2 aromatic carbocycles. The molecule has 0 aliphatic carbocycles. The summed E-state index contributed by atoms with van der Waals surface area (Å²) in [5, 5.41) is 6.09. The van der Waals surface area contributed by atoms with Gasteiger partial charge in [0.05, 0.1) is 16.1 Å². The minimum absolute atomic E-state index is 0.210. The van der Waals surface area contributed by atoms with E-state index >= 15 is 0 Å². The van der Waals surface area contributed by atoms with E-state index in [4.69, 9.17) is 9.15 Å². The molecule has 144 valence electrons. The van der Waals surface area contributed by atoms with Gasteiger partial charge in [0.2, 0.25) is 0 Å². The molecule has 0 aliphatic rings. The van der Waals surface area contributed by atoms with Crippen molar-refractivity contribution < 1.29 is 18.7 Å². The molecule has 2 heterocycles. The molecule has 2 aromatic heterocycles. The van der Waals surface area contributed by atoms with Crippen molar-refractivity contribution in [3.05, 3.63) is 95.8 Å². The van der Waals surface area contributed by atoms with Crippen molar-refractivity contribution >= 4 is 33.8 Å². The maximum absolute atomic E-state index is 12.5. The number of anilines is 2. The van der Waals surface area contributed by atoms with Crippen molar-refractivity contribution in [3.63, 3.8) is 0 Å². The summed E-state index contributed by atoms with van der Waals surface area (Å²) in [6, 6.07) is 23.1. The highest BCUT2D eigenvalue weighted by molar-refractivity contribution is 7.18. The summed E-state index contributed by atoms with van der Waals surface area (Å²) in [7, 11) is 0. The molecule has 0 fully saturated rings. The van der Waals surface area contributed by atoms with Crippen LogP contribution in [0, 0.1) is 0 Å². The van der Waals surface area contributed by atoms with E-state index in [0.29, 0.717) is 21.3 Å². The highest BCUT2D eigenvalue weighted by atomic mass is 32.1. The summed E-state index contributed by atoms with van der Waals surface area (Å²) in [4.78, 5) is 24.9. The number of thiophene rings is 1. The summed E-state index contributed by atoms with van der Waals surface area (Å²) < 4.78 is 10.8. The number of benzene rings is 2. The number of hydrogen-bond donors (Lipinski definition) is 2.